The standard InChI is InChI=1S/C14H18N4O2/c1-20-13(19)14(5-3-2-4-6-14)10-18-12-11(9-15)16-7-8-17-12/h7-8H,2-6,10H2,1H3,(H,17,18). The van der Waals surface area contributed by atoms with Crippen molar-refractivity contribution in [2.45, 2.75) is 32.1 Å². The molecule has 106 valence electrons. The van der Waals surface area contributed by atoms with Gasteiger partial charge in [0.15, 0.2) is 11.5 Å². The van der Waals surface area contributed by atoms with Crippen LogP contribution in [-0.4, -0.2) is 29.6 Å². The average Bonchev–Trinajstić information content (AvgIpc) is 2.53. The van der Waals surface area contributed by atoms with Crippen LogP contribution in [0.15, 0.2) is 12.4 Å². The van der Waals surface area contributed by atoms with Crippen LogP contribution in [0.5, 0.6) is 0 Å². The Bertz CT molecular complexity index is 518. The molecule has 1 aliphatic rings. The summed E-state index contributed by atoms with van der Waals surface area (Å²) in [5, 5.41) is 12.1. The lowest BCUT2D eigenvalue weighted by molar-refractivity contribution is -0.153. The lowest BCUT2D eigenvalue weighted by Gasteiger charge is -2.34. The summed E-state index contributed by atoms with van der Waals surface area (Å²) < 4.78 is 4.96. The van der Waals surface area contributed by atoms with E-state index in [1.807, 2.05) is 6.07 Å². The fourth-order valence-corrected chi connectivity index (χ4v) is 2.70. The van der Waals surface area contributed by atoms with Gasteiger partial charge in [-0.25, -0.2) is 9.97 Å². The van der Waals surface area contributed by atoms with Crippen LogP contribution in [0.25, 0.3) is 0 Å². The Morgan fingerprint density at radius 1 is 1.40 bits per heavy atom. The maximum Gasteiger partial charge on any atom is 0.313 e. The summed E-state index contributed by atoms with van der Waals surface area (Å²) in [7, 11) is 1.42. The van der Waals surface area contributed by atoms with Gasteiger partial charge in [-0.1, -0.05) is 19.3 Å². The Kier molecular flexibility index (Phi) is 4.51. The van der Waals surface area contributed by atoms with Crippen molar-refractivity contribution in [1.82, 2.24) is 9.97 Å². The molecule has 6 nitrogen and oxygen atoms in total. The second-order valence-corrected chi connectivity index (χ2v) is 5.05. The van der Waals surface area contributed by atoms with Gasteiger partial charge in [-0.2, -0.15) is 5.26 Å². The molecule has 0 amide bonds. The topological polar surface area (TPSA) is 87.9 Å². The summed E-state index contributed by atoms with van der Waals surface area (Å²) in [4.78, 5) is 20.1. The third-order valence-corrected chi connectivity index (χ3v) is 3.83. The highest BCUT2D eigenvalue weighted by Gasteiger charge is 2.40. The molecule has 1 aromatic heterocycles. The maximum atomic E-state index is 12.1. The van der Waals surface area contributed by atoms with Crippen LogP contribution in [0.3, 0.4) is 0 Å². The summed E-state index contributed by atoms with van der Waals surface area (Å²) in [6.07, 6.45) is 7.77. The predicted octanol–water partition coefficient (Wildman–Crippen LogP) is 1.88. The van der Waals surface area contributed by atoms with Gasteiger partial charge in [0.05, 0.1) is 12.5 Å². The number of hydrogen-bond acceptors (Lipinski definition) is 6. The van der Waals surface area contributed by atoms with E-state index >= 15 is 0 Å². The number of nitrogens with zero attached hydrogens (tertiary/aromatic N) is 3. The number of anilines is 1. The third-order valence-electron chi connectivity index (χ3n) is 3.83. The number of methoxy groups -OCH3 is 1. The largest absolute Gasteiger partial charge is 0.469 e. The maximum absolute atomic E-state index is 12.1. The van der Waals surface area contributed by atoms with Crippen LogP contribution in [0.4, 0.5) is 5.82 Å². The van der Waals surface area contributed by atoms with E-state index in [9.17, 15) is 4.79 Å². The number of hydrogen-bond donors (Lipinski definition) is 1. The average molecular weight is 274 g/mol. The van der Waals surface area contributed by atoms with E-state index in [0.29, 0.717) is 12.4 Å². The summed E-state index contributed by atoms with van der Waals surface area (Å²) >= 11 is 0. The van der Waals surface area contributed by atoms with Gasteiger partial charge in [-0.15, -0.1) is 0 Å². The molecular formula is C14H18N4O2. The summed E-state index contributed by atoms with van der Waals surface area (Å²) in [6, 6.07) is 1.99. The Hall–Kier alpha value is -2.16. The molecule has 0 aromatic carbocycles. The molecule has 1 aliphatic carbocycles. The zero-order valence-electron chi connectivity index (χ0n) is 11.6. The van der Waals surface area contributed by atoms with E-state index in [-0.39, 0.29) is 11.7 Å². The Morgan fingerprint density at radius 2 is 2.10 bits per heavy atom. The van der Waals surface area contributed by atoms with Crippen LogP contribution < -0.4 is 5.32 Å². The van der Waals surface area contributed by atoms with Gasteiger partial charge in [0.1, 0.15) is 6.07 Å². The number of rotatable bonds is 4. The van der Waals surface area contributed by atoms with Gasteiger partial charge < -0.3 is 10.1 Å². The highest BCUT2D eigenvalue weighted by atomic mass is 16.5. The number of nitrogens with one attached hydrogen (secondary N) is 1. The Balaban J connectivity index is 2.13. The molecule has 6 heteroatoms. The molecule has 0 spiro atoms. The summed E-state index contributed by atoms with van der Waals surface area (Å²) in [5.74, 6) is 0.232. The first-order chi connectivity index (χ1) is 9.72. The minimum Gasteiger partial charge on any atom is -0.469 e. The molecule has 1 fully saturated rings. The van der Waals surface area contributed by atoms with Gasteiger partial charge in [0, 0.05) is 18.9 Å². The molecule has 2 rings (SSSR count). The van der Waals surface area contributed by atoms with Crippen LogP contribution in [0.2, 0.25) is 0 Å². The SMILES string of the molecule is COC(=O)C1(CNc2nccnc2C#N)CCCCC1. The number of ether oxygens (including phenoxy) is 1. The Morgan fingerprint density at radius 3 is 2.75 bits per heavy atom. The van der Waals surface area contributed by atoms with Crippen LogP contribution >= 0.6 is 0 Å². The fraction of sp³-hybridized carbons (Fsp3) is 0.571. The van der Waals surface area contributed by atoms with Crippen LogP contribution in [-0.2, 0) is 9.53 Å². The molecule has 0 bridgehead atoms. The summed E-state index contributed by atoms with van der Waals surface area (Å²) in [5.41, 5.74) is -0.277. The molecule has 0 aliphatic heterocycles. The van der Waals surface area contributed by atoms with Crippen molar-refractivity contribution in [2.24, 2.45) is 5.41 Å². The molecule has 1 N–H and O–H groups in total. The van der Waals surface area contributed by atoms with Crippen molar-refractivity contribution < 1.29 is 9.53 Å². The minimum atomic E-state index is -0.517. The molecule has 1 aromatic rings. The first-order valence-electron chi connectivity index (χ1n) is 6.75. The molecule has 1 saturated carbocycles. The van der Waals surface area contributed by atoms with E-state index in [1.54, 1.807) is 0 Å². The van der Waals surface area contributed by atoms with E-state index in [2.05, 4.69) is 15.3 Å². The first-order valence-corrected chi connectivity index (χ1v) is 6.75. The van der Waals surface area contributed by atoms with Gasteiger partial charge in [-0.05, 0) is 12.8 Å². The second kappa shape index (κ2) is 6.33. The highest BCUT2D eigenvalue weighted by molar-refractivity contribution is 5.77. The fourth-order valence-electron chi connectivity index (χ4n) is 2.70. The number of carbonyl (C=O) groups excluding carboxylic acids is 1. The molecule has 0 unspecified atom stereocenters. The highest BCUT2D eigenvalue weighted by Crippen LogP contribution is 2.37. The van der Waals surface area contributed by atoms with E-state index in [0.717, 1.165) is 32.1 Å². The van der Waals surface area contributed by atoms with E-state index in [4.69, 9.17) is 10.00 Å². The van der Waals surface area contributed by atoms with E-state index in [1.165, 1.54) is 19.5 Å². The predicted molar refractivity (Wildman–Crippen MR) is 72.8 cm³/mol. The zero-order valence-corrected chi connectivity index (χ0v) is 11.6. The van der Waals surface area contributed by atoms with Crippen molar-refractivity contribution in [3.63, 3.8) is 0 Å². The number of carbonyl (C=O) groups is 1. The molecule has 1 heterocycles. The van der Waals surface area contributed by atoms with Crippen molar-refractivity contribution >= 4 is 11.8 Å². The smallest absolute Gasteiger partial charge is 0.313 e. The molecule has 0 saturated heterocycles. The van der Waals surface area contributed by atoms with Crippen molar-refractivity contribution in [3.05, 3.63) is 18.1 Å². The minimum absolute atomic E-state index is 0.188. The normalized spacial score (nSPS) is 17.0. The number of esters is 1. The number of aromatic nitrogens is 2. The number of nitriles is 1. The zero-order chi connectivity index (χ0) is 14.4. The van der Waals surface area contributed by atoms with E-state index < -0.39 is 5.41 Å². The molecule has 20 heavy (non-hydrogen) atoms. The van der Waals surface area contributed by atoms with Crippen molar-refractivity contribution in [1.29, 1.82) is 5.26 Å². The van der Waals surface area contributed by atoms with Gasteiger partial charge in [0.2, 0.25) is 0 Å². The Labute approximate surface area is 118 Å². The lowest BCUT2D eigenvalue weighted by Crippen LogP contribution is -2.40. The van der Waals surface area contributed by atoms with Gasteiger partial charge in [0.25, 0.3) is 0 Å². The second-order valence-electron chi connectivity index (χ2n) is 5.05. The third kappa shape index (κ3) is 2.87. The monoisotopic (exact) mass is 274 g/mol. The molecule has 0 radical (unpaired) electrons. The van der Waals surface area contributed by atoms with Crippen LogP contribution in [0, 0.1) is 16.7 Å². The first kappa shape index (κ1) is 14.3. The molecular weight excluding hydrogens is 256 g/mol. The summed E-state index contributed by atoms with van der Waals surface area (Å²) in [6.45, 7) is 0.424. The van der Waals surface area contributed by atoms with Crippen LogP contribution in [0.1, 0.15) is 37.8 Å². The van der Waals surface area contributed by atoms with Crippen molar-refractivity contribution in [3.8, 4) is 6.07 Å². The lowest BCUT2D eigenvalue weighted by atomic mass is 9.74. The quantitative estimate of drug-likeness (QED) is 0.843. The van der Waals surface area contributed by atoms with Crippen molar-refractivity contribution in [2.75, 3.05) is 19.0 Å². The van der Waals surface area contributed by atoms with Gasteiger partial charge in [-0.3, -0.25) is 4.79 Å². The van der Waals surface area contributed by atoms with Gasteiger partial charge >= 0.3 is 5.97 Å². The molecule has 0 atom stereocenters.